The zero-order chi connectivity index (χ0) is 13.5. The Balaban J connectivity index is 1.93. The molecule has 0 aliphatic rings. The average molecular weight is 252 g/mol. The summed E-state index contributed by atoms with van der Waals surface area (Å²) in [5.74, 6) is 1.63. The molecule has 1 atom stereocenters. The molecule has 0 aromatic heterocycles. The van der Waals surface area contributed by atoms with Crippen molar-refractivity contribution >= 4 is 0 Å². The van der Waals surface area contributed by atoms with Crippen LogP contribution in [0.1, 0.15) is 12.5 Å². The third-order valence-corrected chi connectivity index (χ3v) is 2.71. The second-order valence-corrected chi connectivity index (χ2v) is 4.29. The van der Waals surface area contributed by atoms with Gasteiger partial charge in [0.25, 0.3) is 0 Å². The summed E-state index contributed by atoms with van der Waals surface area (Å²) in [5, 5.41) is 11.8. The Labute approximate surface area is 113 Å². The first-order valence-electron chi connectivity index (χ1n) is 6.23. The Bertz CT molecular complexity index is 543. The average Bonchev–Trinajstić information content (AvgIpc) is 2.47. The highest BCUT2D eigenvalue weighted by atomic mass is 16.5. The fourth-order valence-electron chi connectivity index (χ4n) is 1.62. The van der Waals surface area contributed by atoms with Gasteiger partial charge in [-0.05, 0) is 36.8 Å². The van der Waals surface area contributed by atoms with Gasteiger partial charge in [-0.25, -0.2) is 0 Å². The third-order valence-electron chi connectivity index (χ3n) is 2.71. The van der Waals surface area contributed by atoms with Gasteiger partial charge in [-0.1, -0.05) is 30.3 Å². The molecule has 0 aliphatic heterocycles. The first kappa shape index (κ1) is 13.1. The summed E-state index contributed by atoms with van der Waals surface area (Å²) in [7, 11) is 0. The molecule has 3 heteroatoms. The molecule has 0 fully saturated rings. The van der Waals surface area contributed by atoms with Gasteiger partial charge in [-0.3, -0.25) is 5.32 Å². The van der Waals surface area contributed by atoms with E-state index in [2.05, 4.69) is 11.4 Å². The minimum atomic E-state index is -0.139. The number of hydrogen-bond donors (Lipinski definition) is 1. The number of nitrogens with one attached hydrogen (secondary N) is 1. The van der Waals surface area contributed by atoms with Crippen molar-refractivity contribution in [2.75, 3.05) is 0 Å². The maximum absolute atomic E-state index is 8.69. The summed E-state index contributed by atoms with van der Waals surface area (Å²) in [6.07, 6.45) is 0. The van der Waals surface area contributed by atoms with Gasteiger partial charge in [0.1, 0.15) is 11.5 Å². The van der Waals surface area contributed by atoms with Crippen LogP contribution in [0.2, 0.25) is 0 Å². The van der Waals surface area contributed by atoms with Crippen molar-refractivity contribution in [2.24, 2.45) is 0 Å². The predicted molar refractivity (Wildman–Crippen MR) is 74.9 cm³/mol. The lowest BCUT2D eigenvalue weighted by Gasteiger charge is -2.08. The van der Waals surface area contributed by atoms with Crippen LogP contribution in [0.4, 0.5) is 0 Å². The molecule has 0 saturated heterocycles. The highest BCUT2D eigenvalue weighted by molar-refractivity contribution is 5.32. The van der Waals surface area contributed by atoms with Crippen LogP contribution >= 0.6 is 0 Å². The van der Waals surface area contributed by atoms with Crippen LogP contribution in [-0.4, -0.2) is 6.04 Å². The van der Waals surface area contributed by atoms with E-state index < -0.39 is 0 Å². The zero-order valence-corrected chi connectivity index (χ0v) is 10.8. The summed E-state index contributed by atoms with van der Waals surface area (Å²) in [6.45, 7) is 2.52. The number of nitrogens with zero attached hydrogens (tertiary/aromatic N) is 1. The minimum absolute atomic E-state index is 0.139. The summed E-state index contributed by atoms with van der Waals surface area (Å²) in [6, 6.07) is 19.5. The van der Waals surface area contributed by atoms with E-state index in [1.807, 2.05) is 61.5 Å². The van der Waals surface area contributed by atoms with Crippen molar-refractivity contribution in [1.82, 2.24) is 5.32 Å². The standard InChI is InChI=1S/C16H16N2O/c1-13(11-17)18-12-14-7-9-16(10-8-14)19-15-5-3-2-4-6-15/h2-10,13,18H,12H2,1H3. The van der Waals surface area contributed by atoms with E-state index in [-0.39, 0.29) is 6.04 Å². The van der Waals surface area contributed by atoms with E-state index in [0.29, 0.717) is 6.54 Å². The molecule has 2 rings (SSSR count). The SMILES string of the molecule is CC(C#N)NCc1ccc(Oc2ccccc2)cc1. The molecule has 2 aromatic rings. The molecular formula is C16H16N2O. The predicted octanol–water partition coefficient (Wildman–Crippen LogP) is 3.48. The fourth-order valence-corrected chi connectivity index (χ4v) is 1.62. The molecule has 1 unspecified atom stereocenters. The highest BCUT2D eigenvalue weighted by Crippen LogP contribution is 2.20. The van der Waals surface area contributed by atoms with Gasteiger partial charge in [0.2, 0.25) is 0 Å². The first-order valence-corrected chi connectivity index (χ1v) is 6.23. The number of para-hydroxylation sites is 1. The Morgan fingerprint density at radius 1 is 1.05 bits per heavy atom. The number of benzene rings is 2. The van der Waals surface area contributed by atoms with Gasteiger partial charge >= 0.3 is 0 Å². The van der Waals surface area contributed by atoms with Crippen LogP contribution in [-0.2, 0) is 6.54 Å². The molecule has 0 bridgehead atoms. The fraction of sp³-hybridized carbons (Fsp3) is 0.188. The van der Waals surface area contributed by atoms with Gasteiger partial charge in [0, 0.05) is 6.54 Å². The lowest BCUT2D eigenvalue weighted by atomic mass is 10.2. The van der Waals surface area contributed by atoms with E-state index in [1.165, 1.54) is 0 Å². The summed E-state index contributed by atoms with van der Waals surface area (Å²) < 4.78 is 5.71. The van der Waals surface area contributed by atoms with E-state index >= 15 is 0 Å². The van der Waals surface area contributed by atoms with E-state index in [9.17, 15) is 0 Å². The number of nitriles is 1. The highest BCUT2D eigenvalue weighted by Gasteiger charge is 2.00. The molecule has 0 saturated carbocycles. The van der Waals surface area contributed by atoms with Gasteiger partial charge in [-0.2, -0.15) is 5.26 Å². The summed E-state index contributed by atoms with van der Waals surface area (Å²) in [4.78, 5) is 0. The molecule has 96 valence electrons. The van der Waals surface area contributed by atoms with E-state index in [0.717, 1.165) is 17.1 Å². The lowest BCUT2D eigenvalue weighted by Crippen LogP contribution is -2.23. The van der Waals surface area contributed by atoms with Crippen molar-refractivity contribution in [3.05, 3.63) is 60.2 Å². The molecule has 0 amide bonds. The molecule has 0 radical (unpaired) electrons. The molecule has 3 nitrogen and oxygen atoms in total. The Hall–Kier alpha value is -2.31. The Morgan fingerprint density at radius 2 is 1.68 bits per heavy atom. The first-order chi connectivity index (χ1) is 9.28. The van der Waals surface area contributed by atoms with Crippen molar-refractivity contribution in [3.8, 4) is 17.6 Å². The zero-order valence-electron chi connectivity index (χ0n) is 10.8. The maximum atomic E-state index is 8.69. The molecule has 1 N–H and O–H groups in total. The van der Waals surface area contributed by atoms with Crippen molar-refractivity contribution in [3.63, 3.8) is 0 Å². The van der Waals surface area contributed by atoms with E-state index in [1.54, 1.807) is 0 Å². The van der Waals surface area contributed by atoms with Gasteiger partial charge in [0.15, 0.2) is 0 Å². The van der Waals surface area contributed by atoms with Crippen molar-refractivity contribution < 1.29 is 4.74 Å². The van der Waals surface area contributed by atoms with Gasteiger partial charge in [0.05, 0.1) is 12.1 Å². The second kappa shape index (κ2) is 6.58. The van der Waals surface area contributed by atoms with Crippen LogP contribution < -0.4 is 10.1 Å². The van der Waals surface area contributed by atoms with Crippen LogP contribution in [0.25, 0.3) is 0 Å². The molecule has 0 aliphatic carbocycles. The monoisotopic (exact) mass is 252 g/mol. The second-order valence-electron chi connectivity index (χ2n) is 4.29. The molecular weight excluding hydrogens is 236 g/mol. The number of ether oxygens (including phenoxy) is 1. The maximum Gasteiger partial charge on any atom is 0.127 e. The van der Waals surface area contributed by atoms with Crippen LogP contribution in [0.3, 0.4) is 0 Å². The van der Waals surface area contributed by atoms with Crippen molar-refractivity contribution in [2.45, 2.75) is 19.5 Å². The Kier molecular flexibility index (Phi) is 4.54. The smallest absolute Gasteiger partial charge is 0.127 e. The van der Waals surface area contributed by atoms with Gasteiger partial charge < -0.3 is 4.74 Å². The van der Waals surface area contributed by atoms with Gasteiger partial charge in [-0.15, -0.1) is 0 Å². The van der Waals surface area contributed by atoms with Crippen LogP contribution in [0, 0.1) is 11.3 Å². The normalized spacial score (nSPS) is 11.6. The molecule has 0 heterocycles. The lowest BCUT2D eigenvalue weighted by molar-refractivity contribution is 0.482. The molecule has 0 spiro atoms. The molecule has 2 aromatic carbocycles. The minimum Gasteiger partial charge on any atom is -0.457 e. The third kappa shape index (κ3) is 4.13. The number of hydrogen-bond acceptors (Lipinski definition) is 3. The summed E-state index contributed by atoms with van der Waals surface area (Å²) >= 11 is 0. The quantitative estimate of drug-likeness (QED) is 0.886. The summed E-state index contributed by atoms with van der Waals surface area (Å²) in [5.41, 5.74) is 1.13. The van der Waals surface area contributed by atoms with Crippen LogP contribution in [0.5, 0.6) is 11.5 Å². The topological polar surface area (TPSA) is 45.0 Å². The van der Waals surface area contributed by atoms with Crippen LogP contribution in [0.15, 0.2) is 54.6 Å². The Morgan fingerprint density at radius 3 is 2.32 bits per heavy atom. The van der Waals surface area contributed by atoms with Crippen molar-refractivity contribution in [1.29, 1.82) is 5.26 Å². The molecule has 19 heavy (non-hydrogen) atoms. The largest absolute Gasteiger partial charge is 0.457 e. The van der Waals surface area contributed by atoms with E-state index in [4.69, 9.17) is 10.00 Å². The number of rotatable bonds is 5.